The van der Waals surface area contributed by atoms with Gasteiger partial charge in [0.15, 0.2) is 0 Å². The van der Waals surface area contributed by atoms with Crippen LogP contribution < -0.4 is 0 Å². The van der Waals surface area contributed by atoms with Crippen molar-refractivity contribution in [3.8, 4) is 0 Å². The Morgan fingerprint density at radius 1 is 0.875 bits per heavy atom. The molecular weight excluding hydrogens is 208 g/mol. The minimum absolute atomic E-state index is 0.209. The number of rotatable bonds is 8. The molecule has 16 heavy (non-hydrogen) atoms. The molecule has 0 saturated heterocycles. The van der Waals surface area contributed by atoms with Crippen LogP contribution in [0.25, 0.3) is 0 Å². The van der Waals surface area contributed by atoms with Crippen LogP contribution in [0.15, 0.2) is 12.2 Å². The van der Waals surface area contributed by atoms with E-state index in [1.165, 1.54) is 0 Å². The third-order valence-corrected chi connectivity index (χ3v) is 1.67. The van der Waals surface area contributed by atoms with Crippen molar-refractivity contribution in [3.05, 3.63) is 12.2 Å². The molecule has 0 heterocycles. The van der Waals surface area contributed by atoms with Crippen molar-refractivity contribution in [2.45, 2.75) is 39.5 Å². The smallest absolute Gasteiger partial charge is 0.309 e. The molecule has 92 valence electrons. The molecule has 0 aliphatic heterocycles. The zero-order valence-electron chi connectivity index (χ0n) is 10.0. The van der Waals surface area contributed by atoms with E-state index >= 15 is 0 Å². The Morgan fingerprint density at radius 2 is 1.25 bits per heavy atom. The minimum atomic E-state index is -0.264. The summed E-state index contributed by atoms with van der Waals surface area (Å²) in [5.74, 6) is -0.528. The number of carbonyl (C=O) groups is 2. The maximum Gasteiger partial charge on any atom is 0.309 e. The van der Waals surface area contributed by atoms with Gasteiger partial charge in [-0.2, -0.15) is 0 Å². The Balaban J connectivity index is 3.53. The van der Waals surface area contributed by atoms with Gasteiger partial charge in [-0.3, -0.25) is 9.59 Å². The second kappa shape index (κ2) is 10.2. The summed E-state index contributed by atoms with van der Waals surface area (Å²) in [5, 5.41) is 0. The lowest BCUT2D eigenvalue weighted by molar-refractivity contribution is -0.143. The molecule has 4 heteroatoms. The number of carbonyl (C=O) groups excluding carboxylic acids is 2. The molecule has 0 aromatic carbocycles. The van der Waals surface area contributed by atoms with Crippen LogP contribution >= 0.6 is 0 Å². The van der Waals surface area contributed by atoms with Crippen molar-refractivity contribution in [2.75, 3.05) is 13.2 Å². The van der Waals surface area contributed by atoms with E-state index in [0.717, 1.165) is 12.8 Å². The highest BCUT2D eigenvalue weighted by Gasteiger charge is 2.00. The molecule has 0 N–H and O–H groups in total. The fraction of sp³-hybridized carbons (Fsp3) is 0.667. The van der Waals surface area contributed by atoms with Gasteiger partial charge in [-0.15, -0.1) is 0 Å². The lowest BCUT2D eigenvalue weighted by atomic mass is 10.3. The Hall–Kier alpha value is -1.32. The van der Waals surface area contributed by atoms with Gasteiger partial charge in [0.1, 0.15) is 0 Å². The van der Waals surface area contributed by atoms with Crippen LogP contribution in [0.3, 0.4) is 0 Å². The Labute approximate surface area is 96.6 Å². The first-order valence-corrected chi connectivity index (χ1v) is 5.66. The molecule has 0 radical (unpaired) electrons. The molecule has 0 unspecified atom stereocenters. The van der Waals surface area contributed by atoms with Gasteiger partial charge in [0, 0.05) is 0 Å². The van der Waals surface area contributed by atoms with E-state index in [2.05, 4.69) is 0 Å². The van der Waals surface area contributed by atoms with Crippen LogP contribution in [0.2, 0.25) is 0 Å². The zero-order valence-corrected chi connectivity index (χ0v) is 10.0. The lowest BCUT2D eigenvalue weighted by Gasteiger charge is -2.00. The van der Waals surface area contributed by atoms with Gasteiger partial charge in [0.05, 0.1) is 26.1 Å². The molecular formula is C12H20O4. The first kappa shape index (κ1) is 14.7. The average molecular weight is 228 g/mol. The highest BCUT2D eigenvalue weighted by atomic mass is 16.5. The van der Waals surface area contributed by atoms with Gasteiger partial charge >= 0.3 is 11.9 Å². The fourth-order valence-electron chi connectivity index (χ4n) is 0.909. The van der Waals surface area contributed by atoms with E-state index < -0.39 is 0 Å². The number of ether oxygens (including phenoxy) is 2. The highest BCUT2D eigenvalue weighted by molar-refractivity contribution is 5.73. The number of hydrogen-bond acceptors (Lipinski definition) is 4. The fourth-order valence-corrected chi connectivity index (χ4v) is 0.909. The molecule has 0 amide bonds. The minimum Gasteiger partial charge on any atom is -0.465 e. The Morgan fingerprint density at radius 3 is 1.56 bits per heavy atom. The van der Waals surface area contributed by atoms with Crippen LogP contribution in [-0.4, -0.2) is 25.2 Å². The van der Waals surface area contributed by atoms with Crippen molar-refractivity contribution in [2.24, 2.45) is 0 Å². The van der Waals surface area contributed by atoms with E-state index in [1.807, 2.05) is 13.8 Å². The van der Waals surface area contributed by atoms with Crippen molar-refractivity contribution < 1.29 is 19.1 Å². The normalized spacial score (nSPS) is 10.4. The van der Waals surface area contributed by atoms with Gasteiger partial charge in [0.2, 0.25) is 0 Å². The van der Waals surface area contributed by atoms with E-state index in [1.54, 1.807) is 12.2 Å². The van der Waals surface area contributed by atoms with Gasteiger partial charge in [-0.05, 0) is 12.8 Å². The monoisotopic (exact) mass is 228 g/mol. The second-order valence-corrected chi connectivity index (χ2v) is 3.32. The quantitative estimate of drug-likeness (QED) is 0.472. The SMILES string of the molecule is CCCOC(=O)CC=CCC(=O)OCCC. The molecule has 0 aliphatic carbocycles. The molecule has 0 saturated carbocycles. The predicted octanol–water partition coefficient (Wildman–Crippen LogP) is 2.23. The van der Waals surface area contributed by atoms with Crippen LogP contribution in [0, 0.1) is 0 Å². The van der Waals surface area contributed by atoms with Crippen molar-refractivity contribution in [3.63, 3.8) is 0 Å². The van der Waals surface area contributed by atoms with E-state index in [9.17, 15) is 9.59 Å². The molecule has 0 atom stereocenters. The molecule has 4 nitrogen and oxygen atoms in total. The average Bonchev–Trinajstić information content (AvgIpc) is 2.29. The highest BCUT2D eigenvalue weighted by Crippen LogP contribution is 1.94. The molecule has 0 aromatic heterocycles. The summed E-state index contributed by atoms with van der Waals surface area (Å²) in [4.78, 5) is 22.1. The standard InChI is InChI=1S/C12H20O4/c1-3-9-15-11(13)7-5-6-8-12(14)16-10-4-2/h5-6H,3-4,7-10H2,1-2H3. The largest absolute Gasteiger partial charge is 0.465 e. The summed E-state index contributed by atoms with van der Waals surface area (Å²) in [6.45, 7) is 4.77. The molecule has 0 aliphatic rings. The first-order chi connectivity index (χ1) is 7.70. The Kier molecular flexibility index (Phi) is 9.36. The van der Waals surface area contributed by atoms with Crippen molar-refractivity contribution in [1.82, 2.24) is 0 Å². The summed E-state index contributed by atoms with van der Waals surface area (Å²) in [6, 6.07) is 0. The summed E-state index contributed by atoms with van der Waals surface area (Å²) in [5.41, 5.74) is 0. The lowest BCUT2D eigenvalue weighted by Crippen LogP contribution is -2.04. The van der Waals surface area contributed by atoms with E-state index in [-0.39, 0.29) is 24.8 Å². The Bertz CT molecular complexity index is 209. The summed E-state index contributed by atoms with van der Waals surface area (Å²) in [6.07, 6.45) is 5.32. The van der Waals surface area contributed by atoms with Gasteiger partial charge < -0.3 is 9.47 Å². The zero-order chi connectivity index (χ0) is 12.2. The first-order valence-electron chi connectivity index (χ1n) is 5.66. The number of hydrogen-bond donors (Lipinski definition) is 0. The van der Waals surface area contributed by atoms with Gasteiger partial charge in [0.25, 0.3) is 0 Å². The predicted molar refractivity (Wildman–Crippen MR) is 60.9 cm³/mol. The van der Waals surface area contributed by atoms with Crippen LogP contribution in [0.1, 0.15) is 39.5 Å². The maximum atomic E-state index is 11.0. The van der Waals surface area contributed by atoms with Gasteiger partial charge in [-0.25, -0.2) is 0 Å². The summed E-state index contributed by atoms with van der Waals surface area (Å²) >= 11 is 0. The van der Waals surface area contributed by atoms with E-state index in [4.69, 9.17) is 9.47 Å². The molecule has 0 fully saturated rings. The third kappa shape index (κ3) is 9.24. The topological polar surface area (TPSA) is 52.6 Å². The van der Waals surface area contributed by atoms with Crippen LogP contribution in [0.4, 0.5) is 0 Å². The second-order valence-electron chi connectivity index (χ2n) is 3.32. The maximum absolute atomic E-state index is 11.0. The van der Waals surface area contributed by atoms with Crippen molar-refractivity contribution >= 4 is 11.9 Å². The molecule has 0 aromatic rings. The summed E-state index contributed by atoms with van der Waals surface area (Å²) < 4.78 is 9.71. The van der Waals surface area contributed by atoms with Crippen LogP contribution in [0.5, 0.6) is 0 Å². The van der Waals surface area contributed by atoms with Crippen LogP contribution in [-0.2, 0) is 19.1 Å². The van der Waals surface area contributed by atoms with Crippen molar-refractivity contribution in [1.29, 1.82) is 0 Å². The molecule has 0 bridgehead atoms. The van der Waals surface area contributed by atoms with E-state index in [0.29, 0.717) is 13.2 Å². The number of esters is 2. The van der Waals surface area contributed by atoms with Gasteiger partial charge in [-0.1, -0.05) is 26.0 Å². The molecule has 0 rings (SSSR count). The molecule has 0 spiro atoms. The summed E-state index contributed by atoms with van der Waals surface area (Å²) in [7, 11) is 0. The third-order valence-electron chi connectivity index (χ3n) is 1.67.